The maximum atomic E-state index is 13.3. The molecule has 3 aliphatic heterocycles. The summed E-state index contributed by atoms with van der Waals surface area (Å²) in [5.74, 6) is -2.57. The summed E-state index contributed by atoms with van der Waals surface area (Å²) >= 11 is 0. The number of furan rings is 1. The molecule has 4 atom stereocenters. The van der Waals surface area contributed by atoms with Gasteiger partial charge in [-0.15, -0.1) is 0 Å². The summed E-state index contributed by atoms with van der Waals surface area (Å²) in [5, 5.41) is 9.24. The third-order valence-electron chi connectivity index (χ3n) is 6.03. The first kappa shape index (κ1) is 17.7. The maximum absolute atomic E-state index is 13.3. The van der Waals surface area contributed by atoms with E-state index in [9.17, 15) is 24.3 Å². The number of hydrogen-bond acceptors (Lipinski definition) is 6. The molecule has 0 aromatic carbocycles. The number of amides is 4. The van der Waals surface area contributed by atoms with E-state index in [2.05, 4.69) is 0 Å². The van der Waals surface area contributed by atoms with Gasteiger partial charge in [0.25, 0.3) is 0 Å². The first-order valence-electron chi connectivity index (χ1n) is 8.83. The van der Waals surface area contributed by atoms with Crippen molar-refractivity contribution in [2.75, 3.05) is 26.7 Å². The normalized spacial score (nSPS) is 33.2. The van der Waals surface area contributed by atoms with E-state index in [1.165, 1.54) is 23.8 Å². The van der Waals surface area contributed by atoms with Crippen molar-refractivity contribution in [3.05, 3.63) is 23.7 Å². The Hall–Kier alpha value is -2.68. The van der Waals surface area contributed by atoms with Crippen LogP contribution in [0, 0.1) is 18.8 Å². The smallest absolute Gasteiger partial charge is 0.249 e. The number of carbonyl (C=O) groups excluding carboxylic acids is 4. The average molecular weight is 375 g/mol. The van der Waals surface area contributed by atoms with Crippen LogP contribution in [0.4, 0.5) is 0 Å². The van der Waals surface area contributed by atoms with E-state index >= 15 is 0 Å². The highest BCUT2D eigenvalue weighted by Crippen LogP contribution is 2.56. The van der Waals surface area contributed by atoms with E-state index < -0.39 is 41.1 Å². The number of aryl methyl sites for hydroxylation is 1. The van der Waals surface area contributed by atoms with Crippen LogP contribution in [0.1, 0.15) is 24.5 Å². The van der Waals surface area contributed by atoms with E-state index in [0.29, 0.717) is 11.5 Å². The summed E-state index contributed by atoms with van der Waals surface area (Å²) in [5.41, 5.74) is -1.50. The molecular weight excluding hydrogens is 354 g/mol. The van der Waals surface area contributed by atoms with Crippen molar-refractivity contribution in [3.8, 4) is 0 Å². The molecular formula is C18H21N3O6. The number of nitrogens with zero attached hydrogens (tertiary/aromatic N) is 3. The van der Waals surface area contributed by atoms with Crippen molar-refractivity contribution in [3.63, 3.8) is 0 Å². The lowest BCUT2D eigenvalue weighted by atomic mass is 9.79. The van der Waals surface area contributed by atoms with Crippen LogP contribution in [0.15, 0.2) is 16.5 Å². The second-order valence-electron chi connectivity index (χ2n) is 7.49. The SMILES string of the molecule is Cc1ccc([C@@H]2[C@@H]3C(=O)N(C)C(=O)[C@@H]3[C@]3(C)C(=O)N(CCO)CC(=O)N23)o1. The van der Waals surface area contributed by atoms with Gasteiger partial charge in [0.05, 0.1) is 25.0 Å². The molecule has 0 saturated carbocycles. The number of aliphatic hydroxyl groups is 1. The number of imide groups is 1. The molecule has 144 valence electrons. The molecule has 4 amide bonds. The highest BCUT2D eigenvalue weighted by atomic mass is 16.3. The van der Waals surface area contributed by atoms with E-state index in [1.54, 1.807) is 19.1 Å². The van der Waals surface area contributed by atoms with E-state index in [1.807, 2.05) is 0 Å². The first-order valence-corrected chi connectivity index (χ1v) is 8.83. The number of piperazine rings is 1. The minimum Gasteiger partial charge on any atom is -0.464 e. The van der Waals surface area contributed by atoms with E-state index in [0.717, 1.165) is 4.90 Å². The molecule has 0 spiro atoms. The van der Waals surface area contributed by atoms with Gasteiger partial charge in [-0.3, -0.25) is 24.1 Å². The van der Waals surface area contributed by atoms with Crippen LogP contribution in [0.5, 0.6) is 0 Å². The van der Waals surface area contributed by atoms with Crippen LogP contribution in [0.3, 0.4) is 0 Å². The van der Waals surface area contributed by atoms with Crippen LogP contribution in [-0.2, 0) is 19.2 Å². The monoisotopic (exact) mass is 375 g/mol. The van der Waals surface area contributed by atoms with Gasteiger partial charge in [-0.1, -0.05) is 0 Å². The highest BCUT2D eigenvalue weighted by Gasteiger charge is 2.73. The Kier molecular flexibility index (Phi) is 3.71. The number of hydrogen-bond donors (Lipinski definition) is 1. The van der Waals surface area contributed by atoms with Crippen LogP contribution in [0.2, 0.25) is 0 Å². The molecule has 3 fully saturated rings. The summed E-state index contributed by atoms with van der Waals surface area (Å²) in [6.45, 7) is 2.77. The minimum atomic E-state index is -1.50. The van der Waals surface area contributed by atoms with Gasteiger partial charge in [-0.2, -0.15) is 0 Å². The second kappa shape index (κ2) is 5.66. The molecule has 9 nitrogen and oxygen atoms in total. The molecule has 4 rings (SSSR count). The van der Waals surface area contributed by atoms with Gasteiger partial charge in [-0.25, -0.2) is 0 Å². The van der Waals surface area contributed by atoms with Crippen LogP contribution in [-0.4, -0.2) is 75.7 Å². The lowest BCUT2D eigenvalue weighted by Gasteiger charge is -2.46. The van der Waals surface area contributed by atoms with Crippen LogP contribution >= 0.6 is 0 Å². The van der Waals surface area contributed by atoms with Crippen LogP contribution in [0.25, 0.3) is 0 Å². The Morgan fingerprint density at radius 3 is 2.52 bits per heavy atom. The van der Waals surface area contributed by atoms with E-state index in [4.69, 9.17) is 4.42 Å². The Morgan fingerprint density at radius 1 is 1.22 bits per heavy atom. The quantitative estimate of drug-likeness (QED) is 0.699. The number of rotatable bonds is 3. The molecule has 0 aliphatic carbocycles. The predicted molar refractivity (Wildman–Crippen MR) is 89.9 cm³/mol. The van der Waals surface area contributed by atoms with Crippen molar-refractivity contribution in [1.29, 1.82) is 0 Å². The Balaban J connectivity index is 1.90. The topological polar surface area (TPSA) is 111 Å². The Bertz CT molecular complexity index is 863. The third-order valence-corrected chi connectivity index (χ3v) is 6.03. The summed E-state index contributed by atoms with van der Waals surface area (Å²) < 4.78 is 5.71. The van der Waals surface area contributed by atoms with Crippen molar-refractivity contribution in [1.82, 2.24) is 14.7 Å². The highest BCUT2D eigenvalue weighted by molar-refractivity contribution is 6.12. The van der Waals surface area contributed by atoms with Gasteiger partial charge in [0, 0.05) is 13.6 Å². The van der Waals surface area contributed by atoms with Crippen LogP contribution < -0.4 is 0 Å². The lowest BCUT2D eigenvalue weighted by Crippen LogP contribution is -2.67. The van der Waals surface area contributed by atoms with Gasteiger partial charge in [-0.05, 0) is 26.0 Å². The molecule has 0 radical (unpaired) electrons. The number of fused-ring (bicyclic) bond motifs is 3. The van der Waals surface area contributed by atoms with Crippen molar-refractivity contribution in [2.24, 2.45) is 11.8 Å². The number of carbonyl (C=O) groups is 4. The third kappa shape index (κ3) is 2.08. The number of β-amino-alcohol motifs (C(OH)–C–C–N with tert-alkyl or cyclic N) is 1. The fraction of sp³-hybridized carbons (Fsp3) is 0.556. The summed E-state index contributed by atoms with van der Waals surface area (Å²) in [4.78, 5) is 55.6. The molecule has 9 heteroatoms. The average Bonchev–Trinajstić information content (AvgIpc) is 3.23. The molecule has 27 heavy (non-hydrogen) atoms. The molecule has 0 bridgehead atoms. The molecule has 1 N–H and O–H groups in total. The Labute approximate surface area is 155 Å². The molecule has 1 aromatic rings. The largest absolute Gasteiger partial charge is 0.464 e. The van der Waals surface area contributed by atoms with Gasteiger partial charge >= 0.3 is 0 Å². The predicted octanol–water partition coefficient (Wildman–Crippen LogP) is -0.704. The van der Waals surface area contributed by atoms with Crippen molar-refractivity contribution >= 4 is 23.6 Å². The standard InChI is InChI=1S/C18H21N3O6/c1-9-4-5-10(27-9)14-12-13(16(25)19(3)15(12)24)18(2)17(26)20(6-7-22)8-11(23)21(14)18/h4-5,12-14,22H,6-8H2,1-3H3/t12-,13-,14-,18-/m1/s1. The second-order valence-corrected chi connectivity index (χ2v) is 7.49. The van der Waals surface area contributed by atoms with Gasteiger partial charge in [0.1, 0.15) is 23.1 Å². The molecule has 3 aliphatic rings. The molecule has 1 aromatic heterocycles. The number of aliphatic hydroxyl groups excluding tert-OH is 1. The van der Waals surface area contributed by atoms with E-state index in [-0.39, 0.29) is 25.6 Å². The fourth-order valence-electron chi connectivity index (χ4n) is 4.84. The number of likely N-dealkylation sites (tertiary alicyclic amines) is 1. The van der Waals surface area contributed by atoms with Crippen molar-refractivity contribution in [2.45, 2.75) is 25.4 Å². The Morgan fingerprint density at radius 2 is 1.93 bits per heavy atom. The summed E-state index contributed by atoms with van der Waals surface area (Å²) in [7, 11) is 1.39. The molecule has 4 heterocycles. The molecule has 0 unspecified atom stereocenters. The lowest BCUT2D eigenvalue weighted by molar-refractivity contribution is -0.168. The summed E-state index contributed by atoms with van der Waals surface area (Å²) in [6, 6.07) is 2.58. The van der Waals surface area contributed by atoms with Gasteiger partial charge in [0.2, 0.25) is 23.6 Å². The minimum absolute atomic E-state index is 0.00606. The van der Waals surface area contributed by atoms with Crippen molar-refractivity contribution < 1.29 is 28.7 Å². The zero-order valence-corrected chi connectivity index (χ0v) is 15.3. The van der Waals surface area contributed by atoms with Gasteiger partial charge in [0.15, 0.2) is 0 Å². The first-order chi connectivity index (χ1) is 12.7. The zero-order valence-electron chi connectivity index (χ0n) is 15.3. The maximum Gasteiger partial charge on any atom is 0.249 e. The fourth-order valence-corrected chi connectivity index (χ4v) is 4.84. The molecule has 3 saturated heterocycles. The summed E-state index contributed by atoms with van der Waals surface area (Å²) in [6.07, 6.45) is 0. The van der Waals surface area contributed by atoms with Gasteiger partial charge < -0.3 is 19.3 Å². The zero-order chi connectivity index (χ0) is 19.7.